The van der Waals surface area contributed by atoms with Crippen LogP contribution >= 0.6 is 0 Å². The molecule has 0 atom stereocenters. The number of benzene rings is 1. The van der Waals surface area contributed by atoms with Gasteiger partial charge in [-0.15, -0.1) is 5.10 Å². The van der Waals surface area contributed by atoms with Crippen LogP contribution in [0.3, 0.4) is 0 Å². The summed E-state index contributed by atoms with van der Waals surface area (Å²) in [5.41, 5.74) is 8.99. The maximum atomic E-state index is 5.60. The molecule has 5 nitrogen and oxygen atoms in total. The highest BCUT2D eigenvalue weighted by Gasteiger charge is 2.12. The van der Waals surface area contributed by atoms with E-state index in [2.05, 4.69) is 39.5 Å². The second kappa shape index (κ2) is 5.40. The Labute approximate surface area is 113 Å². The molecule has 0 radical (unpaired) electrons. The number of anilines is 1. The summed E-state index contributed by atoms with van der Waals surface area (Å²) in [7, 11) is 0. The van der Waals surface area contributed by atoms with Crippen molar-refractivity contribution in [1.82, 2.24) is 15.0 Å². The average Bonchev–Trinajstić information content (AvgIpc) is 3.10. The Morgan fingerprint density at radius 1 is 1.05 bits per heavy atom. The summed E-state index contributed by atoms with van der Waals surface area (Å²) in [5, 5.41) is 8.09. The molecule has 3 rings (SSSR count). The Balaban J connectivity index is 1.83. The zero-order chi connectivity index (χ0) is 13.1. The van der Waals surface area contributed by atoms with Gasteiger partial charge in [0, 0.05) is 25.2 Å². The van der Waals surface area contributed by atoms with Gasteiger partial charge in [-0.05, 0) is 43.7 Å². The van der Waals surface area contributed by atoms with Crippen LogP contribution < -0.4 is 10.6 Å². The summed E-state index contributed by atoms with van der Waals surface area (Å²) in [5.74, 6) is 0. The fourth-order valence-electron chi connectivity index (χ4n) is 2.57. The minimum atomic E-state index is 0.610. The second-order valence-corrected chi connectivity index (χ2v) is 4.89. The van der Waals surface area contributed by atoms with Crippen LogP contribution in [0.2, 0.25) is 0 Å². The molecule has 0 spiro atoms. The van der Waals surface area contributed by atoms with Crippen LogP contribution in [0, 0.1) is 0 Å². The van der Waals surface area contributed by atoms with Gasteiger partial charge in [-0.25, -0.2) is 4.68 Å². The zero-order valence-electron chi connectivity index (χ0n) is 11.0. The normalized spacial score (nSPS) is 15.1. The van der Waals surface area contributed by atoms with Gasteiger partial charge in [0.25, 0.3) is 0 Å². The van der Waals surface area contributed by atoms with E-state index in [1.165, 1.54) is 31.6 Å². The largest absolute Gasteiger partial charge is 0.372 e. The Morgan fingerprint density at radius 3 is 2.42 bits per heavy atom. The summed E-state index contributed by atoms with van der Waals surface area (Å²) in [4.78, 5) is 2.42. The van der Waals surface area contributed by atoms with Crippen LogP contribution in [0.5, 0.6) is 0 Å². The maximum absolute atomic E-state index is 5.60. The Bertz CT molecular complexity index is 525. The van der Waals surface area contributed by atoms with E-state index in [1.807, 2.05) is 4.68 Å². The lowest BCUT2D eigenvalue weighted by Crippen LogP contribution is -2.17. The summed E-state index contributed by atoms with van der Waals surface area (Å²) < 4.78 is 1.86. The SMILES string of the molecule is NCCc1cnnn1-c1ccc(N2CCCC2)cc1. The van der Waals surface area contributed by atoms with Crippen molar-refractivity contribution >= 4 is 5.69 Å². The lowest BCUT2D eigenvalue weighted by Gasteiger charge is -2.17. The third-order valence-corrected chi connectivity index (χ3v) is 3.59. The lowest BCUT2D eigenvalue weighted by molar-refractivity contribution is 0.755. The molecule has 2 N–H and O–H groups in total. The first-order chi connectivity index (χ1) is 9.38. The van der Waals surface area contributed by atoms with Crippen LogP contribution in [0.1, 0.15) is 18.5 Å². The van der Waals surface area contributed by atoms with Gasteiger partial charge in [0.1, 0.15) is 0 Å². The molecule has 0 saturated carbocycles. The van der Waals surface area contributed by atoms with Crippen molar-refractivity contribution < 1.29 is 0 Å². The van der Waals surface area contributed by atoms with Crippen molar-refractivity contribution in [2.24, 2.45) is 5.73 Å². The lowest BCUT2D eigenvalue weighted by atomic mass is 10.2. The van der Waals surface area contributed by atoms with Crippen molar-refractivity contribution in [2.45, 2.75) is 19.3 Å². The van der Waals surface area contributed by atoms with Gasteiger partial charge >= 0.3 is 0 Å². The van der Waals surface area contributed by atoms with Crippen molar-refractivity contribution in [3.63, 3.8) is 0 Å². The standard InChI is InChI=1S/C14H19N5/c15-8-7-14-11-16-17-19(14)13-5-3-12(4-6-13)18-9-1-2-10-18/h3-6,11H,1-2,7-10,15H2. The van der Waals surface area contributed by atoms with Crippen LogP contribution in [-0.4, -0.2) is 34.6 Å². The van der Waals surface area contributed by atoms with Gasteiger partial charge < -0.3 is 10.6 Å². The fourth-order valence-corrected chi connectivity index (χ4v) is 2.57. The van der Waals surface area contributed by atoms with Crippen molar-refractivity contribution in [1.29, 1.82) is 0 Å². The second-order valence-electron chi connectivity index (χ2n) is 4.89. The highest BCUT2D eigenvalue weighted by Crippen LogP contribution is 2.21. The average molecular weight is 257 g/mol. The summed E-state index contributed by atoms with van der Waals surface area (Å²) in [6.45, 7) is 2.95. The maximum Gasteiger partial charge on any atom is 0.0730 e. The van der Waals surface area contributed by atoms with Crippen LogP contribution in [0.25, 0.3) is 5.69 Å². The molecule has 0 amide bonds. The first kappa shape index (κ1) is 12.2. The molecule has 1 aliphatic rings. The Morgan fingerprint density at radius 2 is 1.74 bits per heavy atom. The zero-order valence-corrected chi connectivity index (χ0v) is 11.0. The molecule has 1 aliphatic heterocycles. The quantitative estimate of drug-likeness (QED) is 0.898. The number of hydrogen-bond donors (Lipinski definition) is 1. The first-order valence-corrected chi connectivity index (χ1v) is 6.83. The molecule has 1 aromatic carbocycles. The van der Waals surface area contributed by atoms with Crippen molar-refractivity contribution in [3.05, 3.63) is 36.2 Å². The molecular formula is C14H19N5. The highest BCUT2D eigenvalue weighted by molar-refractivity contribution is 5.51. The van der Waals surface area contributed by atoms with Crippen molar-refractivity contribution in [2.75, 3.05) is 24.5 Å². The van der Waals surface area contributed by atoms with E-state index >= 15 is 0 Å². The third kappa shape index (κ3) is 2.46. The Hall–Kier alpha value is -1.88. The molecule has 2 aromatic rings. The Kier molecular flexibility index (Phi) is 3.46. The first-order valence-electron chi connectivity index (χ1n) is 6.83. The van der Waals surface area contributed by atoms with Crippen LogP contribution in [0.15, 0.2) is 30.5 Å². The molecule has 0 bridgehead atoms. The van der Waals surface area contributed by atoms with Crippen LogP contribution in [-0.2, 0) is 6.42 Å². The third-order valence-electron chi connectivity index (χ3n) is 3.59. The number of aromatic nitrogens is 3. The van der Waals surface area contributed by atoms with Gasteiger partial charge in [-0.1, -0.05) is 5.21 Å². The summed E-state index contributed by atoms with van der Waals surface area (Å²) >= 11 is 0. The van der Waals surface area contributed by atoms with Crippen LogP contribution in [0.4, 0.5) is 5.69 Å². The molecule has 100 valence electrons. The monoisotopic (exact) mass is 257 g/mol. The number of nitrogens with zero attached hydrogens (tertiary/aromatic N) is 4. The fraction of sp³-hybridized carbons (Fsp3) is 0.429. The number of rotatable bonds is 4. The van der Waals surface area contributed by atoms with Gasteiger partial charge in [0.05, 0.1) is 17.6 Å². The molecule has 2 heterocycles. The van der Waals surface area contributed by atoms with Gasteiger partial charge in [-0.2, -0.15) is 0 Å². The molecule has 0 aliphatic carbocycles. The molecular weight excluding hydrogens is 238 g/mol. The van der Waals surface area contributed by atoms with E-state index in [0.717, 1.165) is 17.8 Å². The molecule has 19 heavy (non-hydrogen) atoms. The smallest absolute Gasteiger partial charge is 0.0730 e. The minimum absolute atomic E-state index is 0.610. The predicted octanol–water partition coefficient (Wildman–Crippen LogP) is 1.37. The van der Waals surface area contributed by atoms with Gasteiger partial charge in [0.15, 0.2) is 0 Å². The molecule has 0 unspecified atom stereocenters. The predicted molar refractivity (Wildman–Crippen MR) is 75.6 cm³/mol. The van der Waals surface area contributed by atoms with Gasteiger partial charge in [-0.3, -0.25) is 0 Å². The van der Waals surface area contributed by atoms with Crippen molar-refractivity contribution in [3.8, 4) is 5.69 Å². The number of hydrogen-bond acceptors (Lipinski definition) is 4. The van der Waals surface area contributed by atoms with E-state index in [0.29, 0.717) is 6.54 Å². The molecule has 5 heteroatoms. The number of nitrogens with two attached hydrogens (primary N) is 1. The van der Waals surface area contributed by atoms with E-state index in [9.17, 15) is 0 Å². The molecule has 1 aromatic heterocycles. The summed E-state index contributed by atoms with van der Waals surface area (Å²) in [6, 6.07) is 8.52. The molecule has 1 saturated heterocycles. The van der Waals surface area contributed by atoms with E-state index in [1.54, 1.807) is 6.20 Å². The van der Waals surface area contributed by atoms with Gasteiger partial charge in [0.2, 0.25) is 0 Å². The summed E-state index contributed by atoms with van der Waals surface area (Å²) in [6.07, 6.45) is 5.17. The van der Waals surface area contributed by atoms with E-state index in [4.69, 9.17) is 5.73 Å². The topological polar surface area (TPSA) is 60.0 Å². The minimum Gasteiger partial charge on any atom is -0.372 e. The molecule has 1 fully saturated rings. The highest BCUT2D eigenvalue weighted by atomic mass is 15.4. The van der Waals surface area contributed by atoms with E-state index in [-0.39, 0.29) is 0 Å². The van der Waals surface area contributed by atoms with E-state index < -0.39 is 0 Å².